The van der Waals surface area contributed by atoms with Gasteiger partial charge in [-0.05, 0) is 11.5 Å². The fraction of sp³-hybridized carbons (Fsp3) is 1.00. The van der Waals surface area contributed by atoms with Gasteiger partial charge in [0.15, 0.2) is 0 Å². The van der Waals surface area contributed by atoms with Crippen molar-refractivity contribution in [2.75, 3.05) is 11.5 Å². The van der Waals surface area contributed by atoms with E-state index in [1.807, 2.05) is 11.8 Å². The van der Waals surface area contributed by atoms with E-state index in [4.69, 9.17) is 0 Å². The number of rotatable bonds is 3. The summed E-state index contributed by atoms with van der Waals surface area (Å²) in [4.78, 5) is 0. The van der Waals surface area contributed by atoms with Crippen LogP contribution in [-0.4, -0.2) is 19.4 Å². The van der Waals surface area contributed by atoms with Gasteiger partial charge < -0.3 is 0 Å². The molecule has 0 fully saturated rings. The molecule has 0 aromatic carbocycles. The topological polar surface area (TPSA) is 0 Å². The zero-order chi connectivity index (χ0) is 4.83. The van der Waals surface area contributed by atoms with Crippen molar-refractivity contribution in [2.45, 2.75) is 13.2 Å². The summed E-state index contributed by atoms with van der Waals surface area (Å²) in [5.41, 5.74) is 0. The van der Waals surface area contributed by atoms with E-state index >= 15 is 0 Å². The summed E-state index contributed by atoms with van der Waals surface area (Å²) in [6, 6.07) is 0. The second kappa shape index (κ2) is 5.41. The van der Waals surface area contributed by atoms with E-state index in [-0.39, 0.29) is 0 Å². The summed E-state index contributed by atoms with van der Waals surface area (Å²) < 4.78 is 0. The summed E-state index contributed by atoms with van der Waals surface area (Å²) in [6.45, 7) is 2.19. The van der Waals surface area contributed by atoms with Crippen LogP contribution >= 0.6 is 11.8 Å². The van der Waals surface area contributed by atoms with E-state index in [0.717, 1.165) is 0 Å². The van der Waals surface area contributed by atoms with Crippen LogP contribution in [0.15, 0.2) is 0 Å². The Morgan fingerprint density at radius 3 is 2.50 bits per heavy atom. The molecule has 0 radical (unpaired) electrons. The summed E-state index contributed by atoms with van der Waals surface area (Å²) in [5, 5.41) is 0. The molecule has 0 bridgehead atoms. The minimum atomic E-state index is 1.27. The van der Waals surface area contributed by atoms with Crippen molar-refractivity contribution in [3.8, 4) is 0 Å². The smallest absolute Gasteiger partial charge is 0.102 e. The molecular weight excluding hydrogens is 90.9 g/mol. The molecule has 0 saturated heterocycles. The molecule has 0 aliphatic heterocycles. The van der Waals surface area contributed by atoms with Gasteiger partial charge in [-0.2, -0.15) is 11.8 Å². The van der Waals surface area contributed by atoms with Crippen LogP contribution in [0.25, 0.3) is 0 Å². The Balaban J connectivity index is 2.34. The van der Waals surface area contributed by atoms with Crippen molar-refractivity contribution < 1.29 is 0 Å². The summed E-state index contributed by atoms with van der Waals surface area (Å²) in [5.74, 6) is 2.60. The van der Waals surface area contributed by atoms with Gasteiger partial charge in [-0.3, -0.25) is 0 Å². The van der Waals surface area contributed by atoms with Crippen molar-refractivity contribution in [2.24, 2.45) is 0 Å². The Morgan fingerprint density at radius 1 is 1.67 bits per heavy atom. The number of thioether (sulfide) groups is 1. The first-order chi connectivity index (χ1) is 2.91. The molecule has 0 aromatic rings. The minimum absolute atomic E-state index is 1.27. The van der Waals surface area contributed by atoms with Crippen molar-refractivity contribution >= 4 is 19.6 Å². The quantitative estimate of drug-likeness (QED) is 0.375. The normalized spacial score (nSPS) is 8.83. The molecule has 0 saturated carbocycles. The lowest BCUT2D eigenvalue weighted by atomic mass is 10.1. The molecule has 0 unspecified atom stereocenters. The van der Waals surface area contributed by atoms with Crippen molar-refractivity contribution in [1.29, 1.82) is 0 Å². The highest BCUT2D eigenvalue weighted by Gasteiger charge is 1.75. The lowest BCUT2D eigenvalue weighted by molar-refractivity contribution is 1.45. The fourth-order valence-corrected chi connectivity index (χ4v) is 0.866. The maximum absolute atomic E-state index is 2.21. The molecule has 0 atom stereocenters. The molecule has 0 nitrogen and oxygen atoms in total. The standard InChI is InChI=1S/C4H11BS/c1-2-6-4-3-5/h2-5H2,1H3. The van der Waals surface area contributed by atoms with Gasteiger partial charge in [-0.15, -0.1) is 0 Å². The lowest BCUT2D eigenvalue weighted by Crippen LogP contribution is -1.74. The van der Waals surface area contributed by atoms with E-state index in [2.05, 4.69) is 14.8 Å². The average Bonchev–Trinajstić information content (AvgIpc) is 1.61. The number of hydrogen-bond donors (Lipinski definition) is 0. The first-order valence-electron chi connectivity index (χ1n) is 2.49. The van der Waals surface area contributed by atoms with Crippen LogP contribution in [-0.2, 0) is 0 Å². The minimum Gasteiger partial charge on any atom is -0.163 e. The van der Waals surface area contributed by atoms with Crippen LogP contribution in [0.4, 0.5) is 0 Å². The molecule has 0 rings (SSSR count). The predicted molar refractivity (Wildman–Crippen MR) is 36.4 cm³/mol. The van der Waals surface area contributed by atoms with Gasteiger partial charge in [0.25, 0.3) is 0 Å². The Hall–Kier alpha value is 0.415. The second-order valence-electron chi connectivity index (χ2n) is 1.20. The largest absolute Gasteiger partial charge is 0.163 e. The molecule has 0 aliphatic rings. The van der Waals surface area contributed by atoms with Crippen LogP contribution < -0.4 is 0 Å². The Morgan fingerprint density at radius 2 is 2.33 bits per heavy atom. The van der Waals surface area contributed by atoms with Gasteiger partial charge in [0.1, 0.15) is 7.85 Å². The SMILES string of the molecule is BCCSCC. The Bertz CT molecular complexity index is 19.5. The molecule has 2 heteroatoms. The first kappa shape index (κ1) is 6.41. The van der Waals surface area contributed by atoms with Gasteiger partial charge in [0, 0.05) is 0 Å². The molecule has 0 heterocycles. The molecular formula is C4H11BS. The van der Waals surface area contributed by atoms with Crippen LogP contribution in [0.1, 0.15) is 6.92 Å². The van der Waals surface area contributed by atoms with E-state index < -0.39 is 0 Å². The van der Waals surface area contributed by atoms with Gasteiger partial charge in [-0.25, -0.2) is 0 Å². The van der Waals surface area contributed by atoms with E-state index in [0.29, 0.717) is 0 Å². The highest BCUT2D eigenvalue weighted by Crippen LogP contribution is 1.97. The van der Waals surface area contributed by atoms with Gasteiger partial charge in [0.2, 0.25) is 0 Å². The zero-order valence-corrected chi connectivity index (χ0v) is 5.35. The fourth-order valence-electron chi connectivity index (χ4n) is 0.289. The molecule has 0 amide bonds. The van der Waals surface area contributed by atoms with Crippen molar-refractivity contribution in [3.05, 3.63) is 0 Å². The predicted octanol–water partition coefficient (Wildman–Crippen LogP) is 0.791. The Kier molecular flexibility index (Phi) is 5.79. The van der Waals surface area contributed by atoms with Crippen LogP contribution in [0.5, 0.6) is 0 Å². The summed E-state index contributed by atoms with van der Waals surface area (Å²) >= 11 is 2.01. The van der Waals surface area contributed by atoms with Gasteiger partial charge in [0.05, 0.1) is 0 Å². The van der Waals surface area contributed by atoms with Crippen LogP contribution in [0, 0.1) is 0 Å². The molecule has 0 aliphatic carbocycles. The first-order valence-corrected chi connectivity index (χ1v) is 3.65. The third-order valence-electron chi connectivity index (χ3n) is 0.553. The van der Waals surface area contributed by atoms with E-state index in [1.54, 1.807) is 0 Å². The summed E-state index contributed by atoms with van der Waals surface area (Å²) in [6.07, 6.45) is 1.32. The molecule has 6 heavy (non-hydrogen) atoms. The molecule has 0 N–H and O–H groups in total. The molecule has 0 spiro atoms. The van der Waals surface area contributed by atoms with Gasteiger partial charge in [-0.1, -0.05) is 13.2 Å². The second-order valence-corrected chi connectivity index (χ2v) is 2.59. The third kappa shape index (κ3) is 4.41. The van der Waals surface area contributed by atoms with Gasteiger partial charge >= 0.3 is 0 Å². The third-order valence-corrected chi connectivity index (χ3v) is 1.66. The maximum Gasteiger partial charge on any atom is 0.102 e. The van der Waals surface area contributed by atoms with E-state index in [1.165, 1.54) is 17.8 Å². The molecule has 0 aromatic heterocycles. The number of hydrogen-bond acceptors (Lipinski definition) is 1. The van der Waals surface area contributed by atoms with Crippen molar-refractivity contribution in [3.63, 3.8) is 0 Å². The lowest BCUT2D eigenvalue weighted by Gasteiger charge is -1.86. The summed E-state index contributed by atoms with van der Waals surface area (Å²) in [7, 11) is 2.21. The monoisotopic (exact) mass is 102 g/mol. The maximum atomic E-state index is 2.21. The van der Waals surface area contributed by atoms with Crippen LogP contribution in [0.3, 0.4) is 0 Å². The van der Waals surface area contributed by atoms with E-state index in [9.17, 15) is 0 Å². The highest BCUT2D eigenvalue weighted by atomic mass is 32.2. The molecule has 36 valence electrons. The highest BCUT2D eigenvalue weighted by molar-refractivity contribution is 7.99. The average molecular weight is 102 g/mol. The van der Waals surface area contributed by atoms with Crippen LogP contribution in [0.2, 0.25) is 6.32 Å². The zero-order valence-electron chi connectivity index (χ0n) is 4.53. The Labute approximate surface area is 45.1 Å². The van der Waals surface area contributed by atoms with Crippen molar-refractivity contribution in [1.82, 2.24) is 0 Å².